The molecule has 2 heterocycles. The molecule has 1 N–H and O–H groups in total. The Morgan fingerprint density at radius 2 is 2.00 bits per heavy atom. The van der Waals surface area contributed by atoms with Gasteiger partial charge in [-0.15, -0.1) is 0 Å². The van der Waals surface area contributed by atoms with E-state index in [0.29, 0.717) is 6.42 Å². The van der Waals surface area contributed by atoms with Crippen LogP contribution in [0.2, 0.25) is 0 Å². The maximum atomic E-state index is 10.2. The quantitative estimate of drug-likeness (QED) is 0.475. The third-order valence-electron chi connectivity index (χ3n) is 6.89. The number of nitrogens with zero attached hydrogens (tertiary/aromatic N) is 1. The minimum absolute atomic E-state index is 0. The van der Waals surface area contributed by atoms with Crippen LogP contribution in [0.4, 0.5) is 0 Å². The topological polar surface area (TPSA) is 38.7 Å². The lowest BCUT2D eigenvalue weighted by molar-refractivity contribution is -0.935. The van der Waals surface area contributed by atoms with Gasteiger partial charge in [0, 0.05) is 34.0 Å². The monoisotopic (exact) mass is 535 g/mol. The number of rotatable bonds is 3. The molecule has 160 valence electrons. The molecule has 3 aliphatic rings. The van der Waals surface area contributed by atoms with E-state index < -0.39 is 6.10 Å². The molecule has 4 nitrogen and oxygen atoms in total. The van der Waals surface area contributed by atoms with Crippen LogP contribution in [0.3, 0.4) is 0 Å². The largest absolute Gasteiger partial charge is 1.00 e. The Hall–Kier alpha value is -1.34. The van der Waals surface area contributed by atoms with Gasteiger partial charge in [-0.05, 0) is 24.3 Å². The smallest absolute Gasteiger partial charge is 0.166 e. The average Bonchev–Trinajstić information content (AvgIpc) is 2.97. The molecule has 2 unspecified atom stereocenters. The van der Waals surface area contributed by atoms with E-state index in [0.717, 1.165) is 46.5 Å². The third kappa shape index (κ3) is 3.52. The minimum Gasteiger partial charge on any atom is -1.00 e. The lowest BCUT2D eigenvalue weighted by Crippen LogP contribution is -3.00. The molecule has 1 aliphatic carbocycles. The Labute approximate surface area is 197 Å². The first-order valence-electron chi connectivity index (χ1n) is 10.2. The number of hydrogen-bond acceptors (Lipinski definition) is 3. The molecule has 0 amide bonds. The van der Waals surface area contributed by atoms with Gasteiger partial charge in [-0.3, -0.25) is 0 Å². The van der Waals surface area contributed by atoms with Crippen molar-refractivity contribution in [2.24, 2.45) is 0 Å². The van der Waals surface area contributed by atoms with Crippen LogP contribution in [0.25, 0.3) is 0 Å². The van der Waals surface area contributed by atoms with E-state index in [1.807, 2.05) is 12.1 Å². The number of hydrogen-bond donors (Lipinski definition) is 1. The van der Waals surface area contributed by atoms with Crippen molar-refractivity contribution < 1.29 is 36.0 Å². The fraction of sp³-hybridized carbons (Fsp3) is 0.417. The molecule has 0 bridgehead atoms. The van der Waals surface area contributed by atoms with Crippen molar-refractivity contribution in [1.29, 1.82) is 0 Å². The first-order valence-corrected chi connectivity index (χ1v) is 11.0. The van der Waals surface area contributed by atoms with Gasteiger partial charge in [0.2, 0.25) is 0 Å². The van der Waals surface area contributed by atoms with Crippen LogP contribution in [0.1, 0.15) is 29.5 Å². The zero-order chi connectivity index (χ0) is 20.2. The van der Waals surface area contributed by atoms with Crippen molar-refractivity contribution in [1.82, 2.24) is 0 Å². The molecule has 5 rings (SSSR count). The highest BCUT2D eigenvalue weighted by Gasteiger charge is 2.54. The van der Waals surface area contributed by atoms with E-state index in [9.17, 15) is 5.11 Å². The average molecular weight is 537 g/mol. The van der Waals surface area contributed by atoms with Crippen molar-refractivity contribution in [3.63, 3.8) is 0 Å². The number of ether oxygens (including phenoxy) is 2. The normalized spacial score (nSPS) is 31.1. The molecule has 0 radical (unpaired) electrons. The molecule has 0 saturated heterocycles. The lowest BCUT2D eigenvalue weighted by atomic mass is 9.69. The van der Waals surface area contributed by atoms with E-state index in [1.54, 1.807) is 7.11 Å². The number of methoxy groups -OCH3 is 1. The molecule has 6 heteroatoms. The SMILES string of the molecule is COc1ccc2c3c1O[C@H]1CC(O)C=C[C@@]31CC[N+](C)(Cc1ccc(Br)cc1)C2.[Br-]. The van der Waals surface area contributed by atoms with Crippen molar-refractivity contribution in [3.8, 4) is 11.5 Å². The second-order valence-electron chi connectivity index (χ2n) is 8.98. The first-order chi connectivity index (χ1) is 13.9. The highest BCUT2D eigenvalue weighted by Crippen LogP contribution is 2.56. The van der Waals surface area contributed by atoms with Crippen LogP contribution < -0.4 is 26.5 Å². The molecule has 30 heavy (non-hydrogen) atoms. The summed E-state index contributed by atoms with van der Waals surface area (Å²) in [5, 5.41) is 10.2. The second kappa shape index (κ2) is 7.97. The zero-order valence-corrected chi connectivity index (χ0v) is 20.4. The van der Waals surface area contributed by atoms with Crippen LogP contribution in [0, 0.1) is 0 Å². The second-order valence-corrected chi connectivity index (χ2v) is 9.89. The predicted octanol–water partition coefficient (Wildman–Crippen LogP) is 1.33. The van der Waals surface area contributed by atoms with Crippen LogP contribution in [0.5, 0.6) is 11.5 Å². The molecule has 1 spiro atoms. The van der Waals surface area contributed by atoms with Crippen LogP contribution in [0.15, 0.2) is 53.0 Å². The summed E-state index contributed by atoms with van der Waals surface area (Å²) in [6, 6.07) is 12.9. The molecule has 0 saturated carbocycles. The zero-order valence-electron chi connectivity index (χ0n) is 17.3. The summed E-state index contributed by atoms with van der Waals surface area (Å²) in [5.74, 6) is 1.68. The molecular weight excluding hydrogens is 510 g/mol. The highest BCUT2D eigenvalue weighted by molar-refractivity contribution is 9.10. The molecule has 0 aromatic heterocycles. The summed E-state index contributed by atoms with van der Waals surface area (Å²) in [5.41, 5.74) is 3.79. The van der Waals surface area contributed by atoms with E-state index in [4.69, 9.17) is 9.47 Å². The fourth-order valence-electron chi connectivity index (χ4n) is 5.44. The molecule has 2 aromatic carbocycles. The number of quaternary nitrogens is 1. The molecule has 4 atom stereocenters. The van der Waals surface area contributed by atoms with Gasteiger partial charge in [-0.25, -0.2) is 0 Å². The fourth-order valence-corrected chi connectivity index (χ4v) is 5.71. The van der Waals surface area contributed by atoms with Crippen LogP contribution >= 0.6 is 15.9 Å². The molecule has 2 aliphatic heterocycles. The summed E-state index contributed by atoms with van der Waals surface area (Å²) in [6.07, 6.45) is 5.33. The number of halogens is 2. The Morgan fingerprint density at radius 1 is 1.23 bits per heavy atom. The molecular formula is C24H27Br2NO3. The van der Waals surface area contributed by atoms with Gasteiger partial charge in [0.05, 0.1) is 32.2 Å². The third-order valence-corrected chi connectivity index (χ3v) is 7.42. The summed E-state index contributed by atoms with van der Waals surface area (Å²) in [4.78, 5) is 0. The van der Waals surface area contributed by atoms with E-state index in [1.165, 1.54) is 16.7 Å². The van der Waals surface area contributed by atoms with Gasteiger partial charge in [0.15, 0.2) is 11.5 Å². The number of aliphatic hydroxyl groups is 1. The summed E-state index contributed by atoms with van der Waals surface area (Å²) < 4.78 is 14.1. The summed E-state index contributed by atoms with van der Waals surface area (Å²) >= 11 is 3.54. The van der Waals surface area contributed by atoms with Gasteiger partial charge in [-0.2, -0.15) is 0 Å². The summed E-state index contributed by atoms with van der Waals surface area (Å²) in [7, 11) is 4.05. The maximum Gasteiger partial charge on any atom is 0.166 e. The van der Waals surface area contributed by atoms with Gasteiger partial charge in [-0.1, -0.05) is 40.2 Å². The van der Waals surface area contributed by atoms with E-state index in [2.05, 4.69) is 59.4 Å². The van der Waals surface area contributed by atoms with Crippen molar-refractivity contribution in [2.45, 2.75) is 43.6 Å². The van der Waals surface area contributed by atoms with Crippen LogP contribution in [-0.2, 0) is 18.5 Å². The Balaban J connectivity index is 0.00000218. The minimum atomic E-state index is -0.443. The lowest BCUT2D eigenvalue weighted by Gasteiger charge is -2.37. The van der Waals surface area contributed by atoms with Gasteiger partial charge in [0.1, 0.15) is 19.2 Å². The maximum absolute atomic E-state index is 10.2. The van der Waals surface area contributed by atoms with Crippen molar-refractivity contribution in [2.75, 3.05) is 20.7 Å². The van der Waals surface area contributed by atoms with E-state index in [-0.39, 0.29) is 28.5 Å². The van der Waals surface area contributed by atoms with Crippen LogP contribution in [-0.4, -0.2) is 42.5 Å². The molecule has 2 aromatic rings. The van der Waals surface area contributed by atoms with Gasteiger partial charge in [0.25, 0.3) is 0 Å². The standard InChI is InChI=1S/C24H27BrNO3.BrH/c1-26(14-16-3-6-18(25)7-4-16)12-11-24-10-9-19(27)13-21(24)29-23-20(28-2)8-5-17(15-26)22(23)24;/h3-10,19,21,27H,11-15H2,1-2H3;1H/q+1;/p-1/t19?,21-,24-,26?;/m0./s1. The first kappa shape index (κ1) is 21.9. The van der Waals surface area contributed by atoms with E-state index >= 15 is 0 Å². The van der Waals surface area contributed by atoms with Gasteiger partial charge >= 0.3 is 0 Å². The molecule has 0 fully saturated rings. The predicted molar refractivity (Wildman–Crippen MR) is 116 cm³/mol. The Morgan fingerprint density at radius 3 is 2.73 bits per heavy atom. The number of benzene rings is 2. The number of aliphatic hydroxyl groups excluding tert-OH is 1. The Kier molecular flexibility index (Phi) is 5.81. The van der Waals surface area contributed by atoms with Crippen molar-refractivity contribution >= 4 is 15.9 Å². The van der Waals surface area contributed by atoms with Gasteiger partial charge < -0.3 is 36.0 Å². The highest BCUT2D eigenvalue weighted by atomic mass is 79.9. The summed E-state index contributed by atoms with van der Waals surface area (Å²) in [6.45, 7) is 2.99. The Bertz CT molecular complexity index is 977. The van der Waals surface area contributed by atoms with Crippen molar-refractivity contribution in [3.05, 3.63) is 69.7 Å².